The van der Waals surface area contributed by atoms with E-state index in [1.807, 2.05) is 18.3 Å². The van der Waals surface area contributed by atoms with Gasteiger partial charge in [-0.3, -0.25) is 24.8 Å². The first-order valence-electron chi connectivity index (χ1n) is 8.55. The predicted molar refractivity (Wildman–Crippen MR) is 99.7 cm³/mol. The number of amides is 1. The summed E-state index contributed by atoms with van der Waals surface area (Å²) in [5.74, 6) is 0.0413. The molecule has 0 radical (unpaired) electrons. The first kappa shape index (κ1) is 18.7. The SMILES string of the molecule is COc1cc([N+](=O)[O-])ccc1NC(=O)CN1CCNCC1c1cccnc1. The lowest BCUT2D eigenvalue weighted by atomic mass is 10.1. The maximum absolute atomic E-state index is 12.6. The Labute approximate surface area is 156 Å². The van der Waals surface area contributed by atoms with Crippen LogP contribution in [0.3, 0.4) is 0 Å². The minimum absolute atomic E-state index is 0.0527. The Bertz CT molecular complexity index is 815. The highest BCUT2D eigenvalue weighted by atomic mass is 16.6. The number of rotatable bonds is 6. The number of non-ortho nitro benzene ring substituents is 1. The number of ether oxygens (including phenoxy) is 1. The minimum atomic E-state index is -0.507. The van der Waals surface area contributed by atoms with E-state index in [4.69, 9.17) is 4.74 Å². The number of benzene rings is 1. The van der Waals surface area contributed by atoms with Gasteiger partial charge in [0.1, 0.15) is 5.75 Å². The van der Waals surface area contributed by atoms with E-state index in [0.717, 1.165) is 25.2 Å². The highest BCUT2D eigenvalue weighted by Crippen LogP contribution is 2.29. The van der Waals surface area contributed by atoms with Crippen LogP contribution in [0.15, 0.2) is 42.7 Å². The monoisotopic (exact) mass is 371 g/mol. The molecule has 2 aromatic rings. The average Bonchev–Trinajstić information content (AvgIpc) is 2.69. The van der Waals surface area contributed by atoms with Gasteiger partial charge in [0.15, 0.2) is 0 Å². The standard InChI is InChI=1S/C18H21N5O4/c1-27-17-9-14(23(25)26)4-5-15(17)21-18(24)12-22-8-7-20-11-16(22)13-3-2-6-19-10-13/h2-6,9-10,16,20H,7-8,11-12H2,1H3,(H,21,24). The lowest BCUT2D eigenvalue weighted by Crippen LogP contribution is -2.48. The predicted octanol–water partition coefficient (Wildman–Crippen LogP) is 1.58. The Hall–Kier alpha value is -3.04. The number of carbonyl (C=O) groups excluding carboxylic acids is 1. The minimum Gasteiger partial charge on any atom is -0.494 e. The molecule has 9 heteroatoms. The van der Waals surface area contributed by atoms with Crippen LogP contribution in [0.2, 0.25) is 0 Å². The molecule has 1 atom stereocenters. The molecule has 3 rings (SSSR count). The van der Waals surface area contributed by atoms with Crippen LogP contribution in [0.25, 0.3) is 0 Å². The van der Waals surface area contributed by atoms with Gasteiger partial charge >= 0.3 is 0 Å². The zero-order valence-corrected chi connectivity index (χ0v) is 14.9. The number of aromatic nitrogens is 1. The van der Waals surface area contributed by atoms with Crippen molar-refractivity contribution >= 4 is 17.3 Å². The summed E-state index contributed by atoms with van der Waals surface area (Å²) in [6.07, 6.45) is 3.53. The van der Waals surface area contributed by atoms with Crippen molar-refractivity contribution < 1.29 is 14.5 Å². The van der Waals surface area contributed by atoms with E-state index < -0.39 is 4.92 Å². The number of piperazine rings is 1. The van der Waals surface area contributed by atoms with Gasteiger partial charge in [0.25, 0.3) is 5.69 Å². The number of nitro benzene ring substituents is 1. The van der Waals surface area contributed by atoms with Crippen LogP contribution in [0.1, 0.15) is 11.6 Å². The lowest BCUT2D eigenvalue weighted by Gasteiger charge is -2.35. The highest BCUT2D eigenvalue weighted by Gasteiger charge is 2.26. The number of pyridine rings is 1. The quantitative estimate of drug-likeness (QED) is 0.586. The van der Waals surface area contributed by atoms with Gasteiger partial charge in [-0.15, -0.1) is 0 Å². The number of hydrogen-bond acceptors (Lipinski definition) is 7. The molecule has 1 aromatic carbocycles. The van der Waals surface area contributed by atoms with Crippen molar-refractivity contribution in [2.45, 2.75) is 6.04 Å². The van der Waals surface area contributed by atoms with Gasteiger partial charge in [-0.05, 0) is 17.7 Å². The van der Waals surface area contributed by atoms with E-state index in [9.17, 15) is 14.9 Å². The first-order chi connectivity index (χ1) is 13.1. The molecule has 0 aliphatic carbocycles. The Morgan fingerprint density at radius 2 is 2.33 bits per heavy atom. The third-order valence-electron chi connectivity index (χ3n) is 4.44. The van der Waals surface area contributed by atoms with Crippen LogP contribution in [0.5, 0.6) is 5.75 Å². The molecule has 2 heterocycles. The smallest absolute Gasteiger partial charge is 0.273 e. The van der Waals surface area contributed by atoms with E-state index >= 15 is 0 Å². The Morgan fingerprint density at radius 1 is 1.48 bits per heavy atom. The van der Waals surface area contributed by atoms with Gasteiger partial charge in [0, 0.05) is 44.1 Å². The van der Waals surface area contributed by atoms with Crippen molar-refractivity contribution in [2.24, 2.45) is 0 Å². The zero-order chi connectivity index (χ0) is 19.2. The molecule has 27 heavy (non-hydrogen) atoms. The number of carbonyl (C=O) groups is 1. The third-order valence-corrected chi connectivity index (χ3v) is 4.44. The molecule has 1 saturated heterocycles. The van der Waals surface area contributed by atoms with Gasteiger partial charge < -0.3 is 15.4 Å². The molecular weight excluding hydrogens is 350 g/mol. The number of nitrogens with one attached hydrogen (secondary N) is 2. The summed E-state index contributed by atoms with van der Waals surface area (Å²) in [6, 6.07) is 8.03. The van der Waals surface area contributed by atoms with Crippen LogP contribution in [0.4, 0.5) is 11.4 Å². The molecule has 1 aliphatic rings. The maximum Gasteiger partial charge on any atom is 0.273 e. The molecule has 142 valence electrons. The number of anilines is 1. The van der Waals surface area contributed by atoms with Gasteiger partial charge in [0.05, 0.1) is 30.3 Å². The summed E-state index contributed by atoms with van der Waals surface area (Å²) in [7, 11) is 1.41. The fourth-order valence-electron chi connectivity index (χ4n) is 3.11. The van der Waals surface area contributed by atoms with Crippen molar-refractivity contribution in [3.63, 3.8) is 0 Å². The van der Waals surface area contributed by atoms with Crippen molar-refractivity contribution in [1.29, 1.82) is 0 Å². The van der Waals surface area contributed by atoms with Gasteiger partial charge in [-0.1, -0.05) is 6.07 Å². The molecule has 1 unspecified atom stereocenters. The summed E-state index contributed by atoms with van der Waals surface area (Å²) in [5.41, 5.74) is 1.36. The fourth-order valence-corrected chi connectivity index (χ4v) is 3.11. The van der Waals surface area contributed by atoms with Crippen LogP contribution in [-0.2, 0) is 4.79 Å². The number of hydrogen-bond donors (Lipinski definition) is 2. The number of nitro groups is 1. The summed E-state index contributed by atoms with van der Waals surface area (Å²) in [6.45, 7) is 2.45. The molecule has 0 spiro atoms. The lowest BCUT2D eigenvalue weighted by molar-refractivity contribution is -0.384. The maximum atomic E-state index is 12.6. The van der Waals surface area contributed by atoms with Crippen LogP contribution < -0.4 is 15.4 Å². The summed E-state index contributed by atoms with van der Waals surface area (Å²) in [5, 5.41) is 17.0. The van der Waals surface area contributed by atoms with E-state index in [0.29, 0.717) is 5.69 Å². The van der Waals surface area contributed by atoms with E-state index in [-0.39, 0.29) is 29.9 Å². The molecule has 2 N–H and O–H groups in total. The zero-order valence-electron chi connectivity index (χ0n) is 14.9. The Balaban J connectivity index is 1.70. The second kappa shape index (κ2) is 8.56. The van der Waals surface area contributed by atoms with Crippen LogP contribution in [0, 0.1) is 10.1 Å². The second-order valence-electron chi connectivity index (χ2n) is 6.17. The average molecular weight is 371 g/mol. The molecule has 0 saturated carbocycles. The van der Waals surface area contributed by atoms with Gasteiger partial charge in [-0.2, -0.15) is 0 Å². The normalized spacial score (nSPS) is 17.3. The van der Waals surface area contributed by atoms with Gasteiger partial charge in [0.2, 0.25) is 5.91 Å². The Kier molecular flexibility index (Phi) is 5.94. The van der Waals surface area contributed by atoms with Crippen LogP contribution >= 0.6 is 0 Å². The van der Waals surface area contributed by atoms with Gasteiger partial charge in [-0.25, -0.2) is 0 Å². The molecule has 1 aromatic heterocycles. The van der Waals surface area contributed by atoms with Crippen molar-refractivity contribution in [3.8, 4) is 5.75 Å². The molecule has 1 fully saturated rings. The van der Waals surface area contributed by atoms with E-state index in [2.05, 4.69) is 20.5 Å². The van der Waals surface area contributed by atoms with E-state index in [1.54, 1.807) is 6.20 Å². The van der Waals surface area contributed by atoms with Crippen molar-refractivity contribution in [2.75, 3.05) is 38.6 Å². The van der Waals surface area contributed by atoms with Crippen molar-refractivity contribution in [1.82, 2.24) is 15.2 Å². The van der Waals surface area contributed by atoms with E-state index in [1.165, 1.54) is 25.3 Å². The summed E-state index contributed by atoms with van der Waals surface area (Å²) in [4.78, 5) is 29.2. The van der Waals surface area contributed by atoms with Crippen molar-refractivity contribution in [3.05, 3.63) is 58.4 Å². The van der Waals surface area contributed by atoms with Crippen LogP contribution in [-0.4, -0.2) is 54.0 Å². The molecule has 0 bridgehead atoms. The number of methoxy groups -OCH3 is 1. The molecule has 1 aliphatic heterocycles. The second-order valence-corrected chi connectivity index (χ2v) is 6.17. The molecular formula is C18H21N5O4. The largest absolute Gasteiger partial charge is 0.494 e. The topological polar surface area (TPSA) is 110 Å². The third kappa shape index (κ3) is 4.57. The first-order valence-corrected chi connectivity index (χ1v) is 8.55. The summed E-state index contributed by atoms with van der Waals surface area (Å²) >= 11 is 0. The molecule has 9 nitrogen and oxygen atoms in total. The summed E-state index contributed by atoms with van der Waals surface area (Å²) < 4.78 is 5.17. The molecule has 1 amide bonds. The highest BCUT2D eigenvalue weighted by molar-refractivity contribution is 5.94. The number of nitrogens with zero attached hydrogens (tertiary/aromatic N) is 3. The fraction of sp³-hybridized carbons (Fsp3) is 0.333. The Morgan fingerprint density at radius 3 is 3.04 bits per heavy atom.